The van der Waals surface area contributed by atoms with Crippen LogP contribution in [0.25, 0.3) is 21.8 Å². The van der Waals surface area contributed by atoms with Crippen molar-refractivity contribution in [1.82, 2.24) is 41.9 Å². The highest BCUT2D eigenvalue weighted by molar-refractivity contribution is 7.98. The number of rotatable bonds is 22. The number of carbonyl (C=O) groups is 7. The lowest BCUT2D eigenvalue weighted by Crippen LogP contribution is -2.60. The van der Waals surface area contributed by atoms with E-state index in [-0.39, 0.29) is 25.8 Å². The van der Waals surface area contributed by atoms with E-state index in [0.29, 0.717) is 23.3 Å². The van der Waals surface area contributed by atoms with E-state index in [9.17, 15) is 38.7 Å². The summed E-state index contributed by atoms with van der Waals surface area (Å²) in [5.41, 5.74) is 13.7. The molecule has 0 unspecified atom stereocenters. The van der Waals surface area contributed by atoms with Crippen molar-refractivity contribution in [2.45, 2.75) is 75.8 Å². The van der Waals surface area contributed by atoms with Crippen LogP contribution in [0.4, 0.5) is 0 Å². The third kappa shape index (κ3) is 12.0. The highest BCUT2D eigenvalue weighted by Gasteiger charge is 2.33. The molecule has 0 fully saturated rings. The second kappa shape index (κ2) is 21.6. The molecule has 13 N–H and O–H groups in total. The number of para-hydroxylation sites is 2. The average molecular weight is 821 g/mol. The topological polar surface area (TPSA) is 296 Å². The molecule has 0 saturated heterocycles. The van der Waals surface area contributed by atoms with Gasteiger partial charge in [-0.1, -0.05) is 43.3 Å². The summed E-state index contributed by atoms with van der Waals surface area (Å²) in [6.45, 7) is 1.99. The summed E-state index contributed by atoms with van der Waals surface area (Å²) in [5.74, 6) is -4.51. The van der Waals surface area contributed by atoms with Crippen LogP contribution in [0.1, 0.15) is 37.8 Å². The van der Waals surface area contributed by atoms with Crippen molar-refractivity contribution in [2.24, 2.45) is 11.5 Å². The van der Waals surface area contributed by atoms with E-state index in [1.54, 1.807) is 19.3 Å². The summed E-state index contributed by atoms with van der Waals surface area (Å²) in [6.07, 6.45) is 5.56. The van der Waals surface area contributed by atoms with Crippen molar-refractivity contribution in [3.8, 4) is 0 Å². The second-order valence-corrected chi connectivity index (χ2v) is 14.7. The van der Waals surface area contributed by atoms with Gasteiger partial charge in [-0.05, 0) is 55.0 Å². The Labute approximate surface area is 339 Å². The fourth-order valence-electron chi connectivity index (χ4n) is 6.27. The number of hydrogen-bond donors (Lipinski definition) is 11. The standard InChI is InChI=1S/C39H52N10O8S/c1-4-26(46-35(53)21(2)44-37(55)29(13-14-58-3)45-33(51)17-40)36(54)47-30(15-22-18-42-27-11-7-5-9-24(22)27)38(56)48-31(39(57)49-32(20-50)34(41)52)16-23-19-43-28-12-8-6-10-25(23)28/h5-12,18-19,21,26,29-32,42-43,50H,4,13-17,20,40H2,1-3H3,(H2,41,52)(H,44,55)(H,45,51)(H,46,53)(H,47,54)(H,48,56)(H,49,57)/t21-,26-,29-,30+,31+,32-/m0/s1. The number of nitrogens with two attached hydrogens (primary N) is 2. The zero-order valence-corrected chi connectivity index (χ0v) is 33.4. The Morgan fingerprint density at radius 2 is 1.14 bits per heavy atom. The zero-order chi connectivity index (χ0) is 42.4. The van der Waals surface area contributed by atoms with Crippen LogP contribution in [-0.4, -0.2) is 118 Å². The fraction of sp³-hybridized carbons (Fsp3) is 0.410. The summed E-state index contributed by atoms with van der Waals surface area (Å²) in [6, 6.07) is 7.49. The van der Waals surface area contributed by atoms with Crippen molar-refractivity contribution in [3.63, 3.8) is 0 Å². The number of carbonyl (C=O) groups excluding carboxylic acids is 7. The molecule has 4 aromatic rings. The lowest BCUT2D eigenvalue weighted by Gasteiger charge is -2.26. The number of aliphatic hydroxyl groups is 1. The molecule has 0 spiro atoms. The van der Waals surface area contributed by atoms with Gasteiger partial charge in [0.25, 0.3) is 0 Å². The molecule has 0 radical (unpaired) electrons. The lowest BCUT2D eigenvalue weighted by molar-refractivity contribution is -0.135. The van der Waals surface area contributed by atoms with Gasteiger partial charge < -0.3 is 58.4 Å². The van der Waals surface area contributed by atoms with Crippen LogP contribution in [-0.2, 0) is 46.4 Å². The molecule has 0 bridgehead atoms. The number of fused-ring (bicyclic) bond motifs is 2. The molecular formula is C39H52N10O8S. The molecule has 7 amide bonds. The zero-order valence-electron chi connectivity index (χ0n) is 32.6. The van der Waals surface area contributed by atoms with Gasteiger partial charge in [-0.2, -0.15) is 11.8 Å². The molecule has 0 aliphatic carbocycles. The fourth-order valence-corrected chi connectivity index (χ4v) is 6.74. The maximum atomic E-state index is 14.3. The first kappa shape index (κ1) is 44.8. The highest BCUT2D eigenvalue weighted by Crippen LogP contribution is 2.21. The molecule has 19 heteroatoms. The number of thioether (sulfide) groups is 1. The number of hydrogen-bond acceptors (Lipinski definition) is 10. The van der Waals surface area contributed by atoms with Gasteiger partial charge in [0.05, 0.1) is 13.2 Å². The maximum absolute atomic E-state index is 14.3. The largest absolute Gasteiger partial charge is 0.394 e. The first-order valence-corrected chi connectivity index (χ1v) is 20.2. The van der Waals surface area contributed by atoms with Crippen LogP contribution in [0.3, 0.4) is 0 Å². The van der Waals surface area contributed by atoms with Crippen LogP contribution < -0.4 is 43.4 Å². The predicted molar refractivity (Wildman–Crippen MR) is 220 cm³/mol. The van der Waals surface area contributed by atoms with E-state index in [1.807, 2.05) is 54.8 Å². The summed E-state index contributed by atoms with van der Waals surface area (Å²) in [4.78, 5) is 98.4. The van der Waals surface area contributed by atoms with Crippen molar-refractivity contribution < 1.29 is 38.7 Å². The minimum atomic E-state index is -1.43. The Morgan fingerprint density at radius 3 is 1.60 bits per heavy atom. The van der Waals surface area contributed by atoms with Crippen molar-refractivity contribution >= 4 is 74.9 Å². The molecule has 0 aliphatic heterocycles. The SMILES string of the molecule is CC[C@H](NC(=O)[C@H](C)NC(=O)[C@H](CCSC)NC(=O)CN)C(=O)N[C@H](Cc1c[nH]c2ccccc12)C(=O)N[C@H](Cc1c[nH]c2ccccc12)C(=O)N[C@@H](CO)C(N)=O. The van der Waals surface area contributed by atoms with Crippen LogP contribution in [0, 0.1) is 0 Å². The first-order chi connectivity index (χ1) is 27.8. The van der Waals surface area contributed by atoms with E-state index in [0.717, 1.165) is 21.8 Å². The number of nitrogens with one attached hydrogen (secondary N) is 8. The molecule has 0 aliphatic rings. The predicted octanol–water partition coefficient (Wildman–Crippen LogP) is -1.04. The molecule has 312 valence electrons. The number of primary amides is 1. The number of amides is 7. The minimum Gasteiger partial charge on any atom is -0.394 e. The van der Waals surface area contributed by atoms with Gasteiger partial charge in [0.15, 0.2) is 0 Å². The number of benzene rings is 2. The van der Waals surface area contributed by atoms with Gasteiger partial charge >= 0.3 is 0 Å². The number of aromatic amines is 2. The van der Waals surface area contributed by atoms with E-state index < -0.39 is 84.2 Å². The molecule has 58 heavy (non-hydrogen) atoms. The van der Waals surface area contributed by atoms with Gasteiger partial charge in [-0.3, -0.25) is 33.6 Å². The van der Waals surface area contributed by atoms with Gasteiger partial charge in [0.1, 0.15) is 36.3 Å². The molecule has 0 saturated carbocycles. The molecule has 2 aromatic heterocycles. The van der Waals surface area contributed by atoms with E-state index >= 15 is 0 Å². The summed E-state index contributed by atoms with van der Waals surface area (Å²) < 4.78 is 0. The van der Waals surface area contributed by atoms with Gasteiger partial charge in [-0.25, -0.2) is 0 Å². The number of aromatic nitrogens is 2. The average Bonchev–Trinajstić information content (AvgIpc) is 3.82. The molecule has 4 rings (SSSR count). The molecule has 2 aromatic carbocycles. The van der Waals surface area contributed by atoms with E-state index in [4.69, 9.17) is 11.5 Å². The quantitative estimate of drug-likeness (QED) is 0.0458. The third-order valence-corrected chi connectivity index (χ3v) is 10.2. The van der Waals surface area contributed by atoms with Gasteiger partial charge in [0, 0.05) is 47.0 Å². The smallest absolute Gasteiger partial charge is 0.243 e. The van der Waals surface area contributed by atoms with Crippen LogP contribution in [0.15, 0.2) is 60.9 Å². The molecule has 6 atom stereocenters. The highest BCUT2D eigenvalue weighted by atomic mass is 32.2. The summed E-state index contributed by atoms with van der Waals surface area (Å²) in [5, 5.41) is 26.9. The van der Waals surface area contributed by atoms with Crippen LogP contribution >= 0.6 is 11.8 Å². The Balaban J connectivity index is 1.57. The van der Waals surface area contributed by atoms with Crippen LogP contribution in [0.5, 0.6) is 0 Å². The van der Waals surface area contributed by atoms with Gasteiger partial charge in [0.2, 0.25) is 41.4 Å². The van der Waals surface area contributed by atoms with Crippen molar-refractivity contribution in [3.05, 3.63) is 72.1 Å². The van der Waals surface area contributed by atoms with E-state index in [2.05, 4.69) is 41.9 Å². The Morgan fingerprint density at radius 1 is 0.672 bits per heavy atom. The minimum absolute atomic E-state index is 0.0354. The summed E-state index contributed by atoms with van der Waals surface area (Å²) >= 11 is 1.48. The van der Waals surface area contributed by atoms with Gasteiger partial charge in [-0.15, -0.1) is 0 Å². The number of aliphatic hydroxyl groups excluding tert-OH is 1. The summed E-state index contributed by atoms with van der Waals surface area (Å²) in [7, 11) is 0. The molecular weight excluding hydrogens is 769 g/mol. The Bertz CT molecular complexity index is 2090. The van der Waals surface area contributed by atoms with Crippen molar-refractivity contribution in [2.75, 3.05) is 25.2 Å². The monoisotopic (exact) mass is 820 g/mol. The van der Waals surface area contributed by atoms with E-state index in [1.165, 1.54) is 18.7 Å². The Hall–Kier alpha value is -5.92. The molecule has 18 nitrogen and oxygen atoms in total. The second-order valence-electron chi connectivity index (χ2n) is 13.7. The number of H-pyrrole nitrogens is 2. The first-order valence-electron chi connectivity index (χ1n) is 18.8. The third-order valence-electron chi connectivity index (χ3n) is 9.55. The Kier molecular flexibility index (Phi) is 16.7. The maximum Gasteiger partial charge on any atom is 0.243 e. The van der Waals surface area contributed by atoms with Crippen LogP contribution in [0.2, 0.25) is 0 Å². The molecule has 2 heterocycles. The lowest BCUT2D eigenvalue weighted by atomic mass is 10.0. The van der Waals surface area contributed by atoms with Crippen molar-refractivity contribution in [1.29, 1.82) is 0 Å². The normalized spacial score (nSPS) is 14.3.